The van der Waals surface area contributed by atoms with Gasteiger partial charge in [0.2, 0.25) is 0 Å². The van der Waals surface area contributed by atoms with E-state index in [-0.39, 0.29) is 46.3 Å². The van der Waals surface area contributed by atoms with Gasteiger partial charge in [-0.2, -0.15) is 18.3 Å². The molecule has 2 aromatic heterocycles. The quantitative estimate of drug-likeness (QED) is 0.377. The Labute approximate surface area is 202 Å². The van der Waals surface area contributed by atoms with Gasteiger partial charge < -0.3 is 11.5 Å². The molecule has 7 nitrogen and oxygen atoms in total. The first-order valence-electron chi connectivity index (χ1n) is 10.7. The topological polar surface area (TPSA) is 117 Å². The summed E-state index contributed by atoms with van der Waals surface area (Å²) in [6.07, 6.45) is -4.48. The molecule has 35 heavy (non-hydrogen) atoms. The summed E-state index contributed by atoms with van der Waals surface area (Å²) in [5, 5.41) is 4.76. The zero-order chi connectivity index (χ0) is 25.5. The van der Waals surface area contributed by atoms with Crippen LogP contribution in [-0.4, -0.2) is 26.5 Å². The largest absolute Gasteiger partial charge is 0.417 e. The van der Waals surface area contributed by atoms with Crippen LogP contribution in [0.15, 0.2) is 42.5 Å². The van der Waals surface area contributed by atoms with E-state index in [0.29, 0.717) is 21.8 Å². The molecule has 11 heteroatoms. The van der Waals surface area contributed by atoms with Crippen LogP contribution in [0.3, 0.4) is 0 Å². The first-order chi connectivity index (χ1) is 16.5. The molecule has 0 spiro atoms. The molecule has 2 aromatic carbocycles. The van der Waals surface area contributed by atoms with Gasteiger partial charge in [-0.25, -0.2) is 9.67 Å². The number of rotatable bonds is 7. The standard InChI is InChI=1S/C24H22F3N5O2S/c1-12(2)32-22(28)19(23(29)34)20(31-32)14-8-6-13(7-9-14)10-15(33)11-18-30-17-5-3-4-16(21(17)35-18)24(25,26)27/h3-9,12H,10-11,28H2,1-2H3,(H2,29,34). The molecule has 0 aliphatic heterocycles. The van der Waals surface area contributed by atoms with Crippen LogP contribution in [0.2, 0.25) is 0 Å². The molecule has 0 saturated carbocycles. The SMILES string of the molecule is CC(C)n1nc(-c2ccc(CC(=O)Cc3nc4cccc(C(F)(F)F)c4s3)cc2)c(C(N)=O)c1N. The molecule has 1 amide bonds. The number of hydrogen-bond acceptors (Lipinski definition) is 6. The normalized spacial score (nSPS) is 11.9. The Morgan fingerprint density at radius 2 is 1.77 bits per heavy atom. The third-order valence-electron chi connectivity index (χ3n) is 5.42. The first kappa shape index (κ1) is 24.4. The Bertz CT molecular complexity index is 1420. The molecule has 0 aliphatic carbocycles. The Morgan fingerprint density at radius 1 is 1.09 bits per heavy atom. The third-order valence-corrected chi connectivity index (χ3v) is 6.53. The number of anilines is 1. The Hall–Kier alpha value is -3.73. The summed E-state index contributed by atoms with van der Waals surface area (Å²) in [5.41, 5.74) is 12.9. The van der Waals surface area contributed by atoms with Crippen LogP contribution in [0, 0.1) is 0 Å². The van der Waals surface area contributed by atoms with E-state index in [1.807, 2.05) is 13.8 Å². The number of nitrogens with two attached hydrogens (primary N) is 2. The van der Waals surface area contributed by atoms with Gasteiger partial charge >= 0.3 is 6.18 Å². The molecule has 0 unspecified atom stereocenters. The van der Waals surface area contributed by atoms with E-state index >= 15 is 0 Å². The number of aromatic nitrogens is 3. The number of amides is 1. The molecule has 182 valence electrons. The van der Waals surface area contributed by atoms with Crippen molar-refractivity contribution in [3.63, 3.8) is 0 Å². The van der Waals surface area contributed by atoms with Crippen molar-refractivity contribution in [1.29, 1.82) is 0 Å². The van der Waals surface area contributed by atoms with E-state index < -0.39 is 17.6 Å². The van der Waals surface area contributed by atoms with Crippen molar-refractivity contribution in [2.75, 3.05) is 5.73 Å². The second-order valence-corrected chi connectivity index (χ2v) is 9.44. The molecular weight excluding hydrogens is 479 g/mol. The number of halogens is 3. The molecule has 0 radical (unpaired) electrons. The summed E-state index contributed by atoms with van der Waals surface area (Å²) in [4.78, 5) is 28.8. The summed E-state index contributed by atoms with van der Waals surface area (Å²) in [6, 6.07) is 10.6. The van der Waals surface area contributed by atoms with Crippen molar-refractivity contribution in [3.05, 3.63) is 64.2 Å². The zero-order valence-electron chi connectivity index (χ0n) is 18.9. The van der Waals surface area contributed by atoms with Crippen molar-refractivity contribution in [2.24, 2.45) is 5.73 Å². The third kappa shape index (κ3) is 4.90. The van der Waals surface area contributed by atoms with Gasteiger partial charge in [0.05, 0.1) is 22.2 Å². The number of fused-ring (bicyclic) bond motifs is 1. The summed E-state index contributed by atoms with van der Waals surface area (Å²) >= 11 is 0.881. The van der Waals surface area contributed by atoms with Crippen LogP contribution in [0.4, 0.5) is 19.0 Å². The van der Waals surface area contributed by atoms with Gasteiger partial charge in [0, 0.05) is 18.0 Å². The van der Waals surface area contributed by atoms with E-state index in [2.05, 4.69) is 10.1 Å². The lowest BCUT2D eigenvalue weighted by molar-refractivity contribution is -0.136. The van der Waals surface area contributed by atoms with Crippen molar-refractivity contribution < 1.29 is 22.8 Å². The fourth-order valence-electron chi connectivity index (χ4n) is 3.82. The number of Topliss-reactive ketones (excluding diaryl/α,β-unsaturated/α-hetero) is 1. The number of hydrogen-bond donors (Lipinski definition) is 2. The summed E-state index contributed by atoms with van der Waals surface area (Å²) in [5.74, 6) is -0.684. The second-order valence-electron chi connectivity index (χ2n) is 8.36. The average molecular weight is 502 g/mol. The highest BCUT2D eigenvalue weighted by Crippen LogP contribution is 2.37. The van der Waals surface area contributed by atoms with Crippen molar-refractivity contribution >= 4 is 39.1 Å². The van der Waals surface area contributed by atoms with E-state index in [9.17, 15) is 22.8 Å². The van der Waals surface area contributed by atoms with E-state index in [0.717, 1.165) is 17.4 Å². The number of ketones is 1. The minimum Gasteiger partial charge on any atom is -0.383 e. The molecule has 4 N–H and O–H groups in total. The van der Waals surface area contributed by atoms with Crippen molar-refractivity contribution in [2.45, 2.75) is 38.9 Å². The fraction of sp³-hybridized carbons (Fsp3) is 0.250. The fourth-order valence-corrected chi connectivity index (χ4v) is 4.94. The maximum absolute atomic E-state index is 13.2. The smallest absolute Gasteiger partial charge is 0.383 e. The summed E-state index contributed by atoms with van der Waals surface area (Å²) in [7, 11) is 0. The van der Waals surface area contributed by atoms with Crippen LogP contribution < -0.4 is 11.5 Å². The maximum atomic E-state index is 13.2. The monoisotopic (exact) mass is 501 g/mol. The first-order valence-corrected chi connectivity index (χ1v) is 11.5. The van der Waals surface area contributed by atoms with Crippen molar-refractivity contribution in [3.8, 4) is 11.3 Å². The minimum atomic E-state index is -4.49. The number of benzene rings is 2. The Balaban J connectivity index is 1.52. The molecule has 2 heterocycles. The van der Waals surface area contributed by atoms with Crippen LogP contribution >= 0.6 is 11.3 Å². The molecule has 4 aromatic rings. The Kier molecular flexibility index (Phi) is 6.37. The lowest BCUT2D eigenvalue weighted by Crippen LogP contribution is -2.15. The van der Waals surface area contributed by atoms with Crippen molar-refractivity contribution in [1.82, 2.24) is 14.8 Å². The van der Waals surface area contributed by atoms with Crippen LogP contribution in [0.1, 0.15) is 46.4 Å². The molecule has 0 atom stereocenters. The summed E-state index contributed by atoms with van der Waals surface area (Å²) in [6.45, 7) is 3.75. The molecule has 0 saturated heterocycles. The van der Waals surface area contributed by atoms with Crippen LogP contribution in [0.5, 0.6) is 0 Å². The number of alkyl halides is 3. The molecule has 0 bridgehead atoms. The van der Waals surface area contributed by atoms with Gasteiger partial charge in [0.15, 0.2) is 0 Å². The number of nitrogen functional groups attached to an aromatic ring is 1. The van der Waals surface area contributed by atoms with Crippen LogP contribution in [-0.2, 0) is 23.8 Å². The highest BCUT2D eigenvalue weighted by Gasteiger charge is 2.33. The Morgan fingerprint density at radius 3 is 2.37 bits per heavy atom. The van der Waals surface area contributed by atoms with Gasteiger partial charge in [-0.05, 0) is 31.5 Å². The second kappa shape index (κ2) is 9.14. The number of thiazole rings is 1. The van der Waals surface area contributed by atoms with Crippen LogP contribution in [0.25, 0.3) is 21.5 Å². The van der Waals surface area contributed by atoms with Gasteiger partial charge in [-0.3, -0.25) is 9.59 Å². The average Bonchev–Trinajstić information content (AvgIpc) is 3.33. The van der Waals surface area contributed by atoms with Gasteiger partial charge in [-0.1, -0.05) is 30.3 Å². The number of primary amides is 1. The lowest BCUT2D eigenvalue weighted by Gasteiger charge is -2.06. The molecule has 0 fully saturated rings. The van der Waals surface area contributed by atoms with E-state index in [1.165, 1.54) is 16.8 Å². The summed E-state index contributed by atoms with van der Waals surface area (Å²) < 4.78 is 41.3. The highest BCUT2D eigenvalue weighted by atomic mass is 32.1. The van der Waals surface area contributed by atoms with Gasteiger partial charge in [-0.15, -0.1) is 11.3 Å². The van der Waals surface area contributed by atoms with Gasteiger partial charge in [0.25, 0.3) is 5.91 Å². The number of nitrogens with zero attached hydrogens (tertiary/aromatic N) is 3. The predicted molar refractivity (Wildman–Crippen MR) is 128 cm³/mol. The number of carbonyl (C=O) groups excluding carboxylic acids is 2. The molecule has 4 rings (SSSR count). The minimum absolute atomic E-state index is 0.0255. The van der Waals surface area contributed by atoms with Gasteiger partial charge in [0.1, 0.15) is 27.9 Å². The predicted octanol–water partition coefficient (Wildman–Crippen LogP) is 4.79. The maximum Gasteiger partial charge on any atom is 0.417 e. The lowest BCUT2D eigenvalue weighted by atomic mass is 10.0. The zero-order valence-corrected chi connectivity index (χ0v) is 19.7. The van der Waals surface area contributed by atoms with E-state index in [4.69, 9.17) is 11.5 Å². The molecular formula is C24H22F3N5O2S. The van der Waals surface area contributed by atoms with E-state index in [1.54, 1.807) is 24.3 Å². The molecule has 0 aliphatic rings. The number of carbonyl (C=O) groups is 2. The highest BCUT2D eigenvalue weighted by molar-refractivity contribution is 7.18.